The Labute approximate surface area is 64.3 Å². The summed E-state index contributed by atoms with van der Waals surface area (Å²) in [5.41, 5.74) is -1.78. The van der Waals surface area contributed by atoms with Crippen LogP contribution < -0.4 is 5.32 Å². The molecule has 0 bridgehead atoms. The Kier molecular flexibility index (Phi) is 3.00. The van der Waals surface area contributed by atoms with E-state index in [1.807, 2.05) is 0 Å². The first-order valence-electron chi connectivity index (χ1n) is 2.99. The summed E-state index contributed by atoms with van der Waals surface area (Å²) in [6, 6.07) is 0. The Hall–Kier alpha value is -1.10. The third kappa shape index (κ3) is 1.68. The van der Waals surface area contributed by atoms with E-state index in [9.17, 15) is 9.59 Å². The van der Waals surface area contributed by atoms with Gasteiger partial charge >= 0.3 is 5.97 Å². The quantitative estimate of drug-likeness (QED) is 0.532. The molecule has 11 heavy (non-hydrogen) atoms. The van der Waals surface area contributed by atoms with Crippen molar-refractivity contribution in [3.63, 3.8) is 0 Å². The first-order valence-corrected chi connectivity index (χ1v) is 2.99. The van der Waals surface area contributed by atoms with E-state index in [4.69, 9.17) is 5.11 Å². The summed E-state index contributed by atoms with van der Waals surface area (Å²) in [5, 5.41) is 10.7. The molecule has 64 valence electrons. The van der Waals surface area contributed by atoms with Gasteiger partial charge in [-0.25, -0.2) is 4.79 Å². The lowest BCUT2D eigenvalue weighted by molar-refractivity contribution is -0.167. The third-order valence-corrected chi connectivity index (χ3v) is 1.48. The number of methoxy groups -OCH3 is 1. The smallest absolute Gasteiger partial charge is 0.345 e. The number of likely N-dealkylation sites (N-methyl/N-ethyl adjacent to an activating group) is 1. The van der Waals surface area contributed by atoms with Crippen LogP contribution in [-0.2, 0) is 14.3 Å². The number of carboxylic acids is 1. The number of ether oxygens (including phenoxy) is 1. The summed E-state index contributed by atoms with van der Waals surface area (Å²) < 4.78 is 4.54. The molecule has 5 nitrogen and oxygen atoms in total. The molecule has 1 unspecified atom stereocenters. The van der Waals surface area contributed by atoms with E-state index in [-0.39, 0.29) is 0 Å². The second-order valence-corrected chi connectivity index (χ2v) is 2.12. The van der Waals surface area contributed by atoms with Gasteiger partial charge in [0.25, 0.3) is 5.91 Å². The van der Waals surface area contributed by atoms with Crippen molar-refractivity contribution in [2.75, 3.05) is 14.2 Å². The second kappa shape index (κ2) is 3.34. The van der Waals surface area contributed by atoms with Crippen molar-refractivity contribution in [1.82, 2.24) is 5.32 Å². The standard InChI is InChI=1S/C6H11NO4/c1-6(11-3,5(9)10)4(8)7-2/h1-3H3,(H,7,8)(H,9,10). The minimum Gasteiger partial charge on any atom is -0.479 e. The number of rotatable bonds is 3. The van der Waals surface area contributed by atoms with Crippen LogP contribution in [0, 0.1) is 0 Å². The van der Waals surface area contributed by atoms with Gasteiger partial charge in [-0.2, -0.15) is 0 Å². The average Bonchev–Trinajstić information content (AvgIpc) is 2.01. The van der Waals surface area contributed by atoms with Gasteiger partial charge < -0.3 is 15.2 Å². The number of carboxylic acid groups (broad SMARTS) is 1. The van der Waals surface area contributed by atoms with E-state index in [1.54, 1.807) is 0 Å². The predicted molar refractivity (Wildman–Crippen MR) is 37.1 cm³/mol. The molecule has 0 radical (unpaired) electrons. The Balaban J connectivity index is 4.59. The number of hydrogen-bond acceptors (Lipinski definition) is 3. The van der Waals surface area contributed by atoms with Crippen LogP contribution in [0.15, 0.2) is 0 Å². The molecule has 0 aromatic heterocycles. The van der Waals surface area contributed by atoms with Crippen molar-refractivity contribution in [2.45, 2.75) is 12.5 Å². The molecule has 0 heterocycles. The molecule has 0 spiro atoms. The van der Waals surface area contributed by atoms with Gasteiger partial charge in [-0.3, -0.25) is 4.79 Å². The van der Waals surface area contributed by atoms with Crippen LogP contribution in [0.4, 0.5) is 0 Å². The molecule has 0 saturated heterocycles. The molecule has 0 aliphatic carbocycles. The number of carbonyl (C=O) groups is 2. The summed E-state index contributed by atoms with van der Waals surface area (Å²) in [4.78, 5) is 21.4. The van der Waals surface area contributed by atoms with Gasteiger partial charge in [0.2, 0.25) is 5.60 Å². The SMILES string of the molecule is CNC(=O)C(C)(OC)C(=O)O. The Morgan fingerprint density at radius 3 is 2.09 bits per heavy atom. The van der Waals surface area contributed by atoms with Gasteiger partial charge in [0.05, 0.1) is 0 Å². The first kappa shape index (κ1) is 9.90. The van der Waals surface area contributed by atoms with Crippen molar-refractivity contribution >= 4 is 11.9 Å². The highest BCUT2D eigenvalue weighted by Gasteiger charge is 2.40. The number of hydrogen-bond donors (Lipinski definition) is 2. The van der Waals surface area contributed by atoms with Gasteiger partial charge in [0.1, 0.15) is 0 Å². The minimum absolute atomic E-state index is 0.674. The summed E-state index contributed by atoms with van der Waals surface area (Å²) >= 11 is 0. The van der Waals surface area contributed by atoms with E-state index in [0.29, 0.717) is 0 Å². The van der Waals surface area contributed by atoms with Crippen LogP contribution in [0.1, 0.15) is 6.92 Å². The summed E-state index contributed by atoms with van der Waals surface area (Å²) in [6.45, 7) is 1.19. The van der Waals surface area contributed by atoms with E-state index in [2.05, 4.69) is 10.1 Å². The highest BCUT2D eigenvalue weighted by Crippen LogP contribution is 2.08. The van der Waals surface area contributed by atoms with Crippen LogP contribution in [0.5, 0.6) is 0 Å². The van der Waals surface area contributed by atoms with Crippen LogP contribution >= 0.6 is 0 Å². The second-order valence-electron chi connectivity index (χ2n) is 2.12. The molecular weight excluding hydrogens is 150 g/mol. The van der Waals surface area contributed by atoms with Crippen LogP contribution in [0.3, 0.4) is 0 Å². The molecule has 0 aliphatic rings. The van der Waals surface area contributed by atoms with E-state index in [0.717, 1.165) is 0 Å². The maximum atomic E-state index is 10.9. The Bertz CT molecular complexity index is 179. The van der Waals surface area contributed by atoms with Crippen molar-refractivity contribution in [2.24, 2.45) is 0 Å². The minimum atomic E-state index is -1.78. The third-order valence-electron chi connectivity index (χ3n) is 1.48. The topological polar surface area (TPSA) is 75.6 Å². The molecule has 0 aromatic rings. The van der Waals surface area contributed by atoms with Crippen LogP contribution in [-0.4, -0.2) is 36.7 Å². The lowest BCUT2D eigenvalue weighted by Gasteiger charge is -2.20. The fraction of sp³-hybridized carbons (Fsp3) is 0.667. The Morgan fingerprint density at radius 2 is 2.00 bits per heavy atom. The zero-order valence-electron chi connectivity index (χ0n) is 6.67. The van der Waals surface area contributed by atoms with Gasteiger partial charge in [-0.1, -0.05) is 0 Å². The lowest BCUT2D eigenvalue weighted by Crippen LogP contribution is -2.50. The fourth-order valence-electron chi connectivity index (χ4n) is 0.516. The zero-order chi connectivity index (χ0) is 9.07. The van der Waals surface area contributed by atoms with Crippen molar-refractivity contribution in [3.05, 3.63) is 0 Å². The molecule has 0 aromatic carbocycles. The zero-order valence-corrected chi connectivity index (χ0v) is 6.67. The molecule has 0 fully saturated rings. The normalized spacial score (nSPS) is 15.2. The highest BCUT2D eigenvalue weighted by molar-refractivity contribution is 6.04. The average molecular weight is 161 g/mol. The van der Waals surface area contributed by atoms with Gasteiger partial charge in [0, 0.05) is 14.2 Å². The van der Waals surface area contributed by atoms with Gasteiger partial charge in [0.15, 0.2) is 0 Å². The summed E-state index contributed by atoms with van der Waals surface area (Å²) in [6.07, 6.45) is 0. The maximum Gasteiger partial charge on any atom is 0.345 e. The lowest BCUT2D eigenvalue weighted by atomic mass is 10.1. The summed E-state index contributed by atoms with van der Waals surface area (Å²) in [5.74, 6) is -1.98. The van der Waals surface area contributed by atoms with E-state index < -0.39 is 17.5 Å². The molecule has 0 saturated carbocycles. The van der Waals surface area contributed by atoms with E-state index in [1.165, 1.54) is 21.1 Å². The fourth-order valence-corrected chi connectivity index (χ4v) is 0.516. The highest BCUT2D eigenvalue weighted by atomic mass is 16.5. The van der Waals surface area contributed by atoms with Gasteiger partial charge in [-0.15, -0.1) is 0 Å². The monoisotopic (exact) mass is 161 g/mol. The Morgan fingerprint density at radius 1 is 1.55 bits per heavy atom. The number of nitrogens with one attached hydrogen (secondary N) is 1. The number of aliphatic carboxylic acids is 1. The molecule has 1 atom stereocenters. The van der Waals surface area contributed by atoms with Crippen LogP contribution in [0.25, 0.3) is 0 Å². The van der Waals surface area contributed by atoms with Crippen molar-refractivity contribution < 1.29 is 19.4 Å². The first-order chi connectivity index (χ1) is 4.99. The molecular formula is C6H11NO4. The molecule has 0 aliphatic heterocycles. The largest absolute Gasteiger partial charge is 0.479 e. The van der Waals surface area contributed by atoms with Crippen molar-refractivity contribution in [3.8, 4) is 0 Å². The number of amides is 1. The predicted octanol–water partition coefficient (Wildman–Crippen LogP) is -0.778. The molecule has 0 rings (SSSR count). The molecule has 5 heteroatoms. The van der Waals surface area contributed by atoms with E-state index >= 15 is 0 Å². The summed E-state index contributed by atoms with van der Waals surface area (Å²) in [7, 11) is 2.52. The number of carbonyl (C=O) groups excluding carboxylic acids is 1. The molecule has 2 N–H and O–H groups in total. The van der Waals surface area contributed by atoms with Crippen LogP contribution in [0.2, 0.25) is 0 Å². The molecule has 1 amide bonds. The van der Waals surface area contributed by atoms with Crippen molar-refractivity contribution in [1.29, 1.82) is 0 Å². The van der Waals surface area contributed by atoms with Gasteiger partial charge in [-0.05, 0) is 6.92 Å². The maximum absolute atomic E-state index is 10.9.